The second-order valence-electron chi connectivity index (χ2n) is 6.57. The van der Waals surface area contributed by atoms with Crippen LogP contribution in [0.5, 0.6) is 5.75 Å². The summed E-state index contributed by atoms with van der Waals surface area (Å²) in [4.78, 5) is 14.8. The van der Waals surface area contributed by atoms with E-state index >= 15 is 0 Å². The number of carbonyl (C=O) groups excluding carboxylic acids is 1. The van der Waals surface area contributed by atoms with Gasteiger partial charge in [0.2, 0.25) is 0 Å². The predicted octanol–water partition coefficient (Wildman–Crippen LogP) is 3.14. The summed E-state index contributed by atoms with van der Waals surface area (Å²) >= 11 is 0. The number of nitrogens with one attached hydrogen (secondary N) is 2. The minimum absolute atomic E-state index is 0.139. The molecule has 2 amide bonds. The molecule has 5 nitrogen and oxygen atoms in total. The third-order valence-electron chi connectivity index (χ3n) is 4.61. The largest absolute Gasteiger partial charge is 0.492 e. The number of hydrogen-bond acceptors (Lipinski definition) is 3. The molecular formula is C18H27N3O2. The number of aryl methyl sites for hydroxylation is 1. The van der Waals surface area contributed by atoms with E-state index < -0.39 is 0 Å². The lowest BCUT2D eigenvalue weighted by molar-refractivity contribution is 0.189. The number of rotatable bonds is 5. The molecule has 1 aromatic carbocycles. The van der Waals surface area contributed by atoms with Gasteiger partial charge in [-0.1, -0.05) is 6.07 Å². The van der Waals surface area contributed by atoms with E-state index in [9.17, 15) is 4.79 Å². The first-order valence-electron chi connectivity index (χ1n) is 8.70. The van der Waals surface area contributed by atoms with Gasteiger partial charge >= 0.3 is 6.03 Å². The molecule has 1 aliphatic carbocycles. The van der Waals surface area contributed by atoms with Crippen LogP contribution in [0.25, 0.3) is 0 Å². The first-order chi connectivity index (χ1) is 11.2. The Morgan fingerprint density at radius 2 is 2.00 bits per heavy atom. The van der Waals surface area contributed by atoms with Gasteiger partial charge in [0.1, 0.15) is 5.75 Å². The molecule has 23 heavy (non-hydrogen) atoms. The number of benzene rings is 1. The van der Waals surface area contributed by atoms with Crippen molar-refractivity contribution >= 4 is 11.7 Å². The average Bonchev–Trinajstić information content (AvgIpc) is 3.36. The Balaban J connectivity index is 1.51. The highest BCUT2D eigenvalue weighted by Gasteiger charge is 2.32. The molecule has 0 radical (unpaired) electrons. The van der Waals surface area contributed by atoms with Crippen LogP contribution in [0.15, 0.2) is 18.2 Å². The molecule has 1 saturated heterocycles. The molecular weight excluding hydrogens is 290 g/mol. The molecule has 1 saturated carbocycles. The fourth-order valence-electron chi connectivity index (χ4n) is 3.20. The van der Waals surface area contributed by atoms with Crippen LogP contribution in [0.4, 0.5) is 10.5 Å². The van der Waals surface area contributed by atoms with E-state index in [1.165, 1.54) is 12.8 Å². The standard InChI is InChI=1S/C18H27N3O2/c1-3-23-17-12-13(2)4-7-16(17)20-18(22)19-14-8-10-21(11-9-14)15-5-6-15/h4,7,12,14-15H,3,5-6,8-11H2,1-2H3,(H2,19,20,22). The van der Waals surface area contributed by atoms with E-state index in [4.69, 9.17) is 4.74 Å². The van der Waals surface area contributed by atoms with E-state index in [1.54, 1.807) is 0 Å². The van der Waals surface area contributed by atoms with E-state index in [1.807, 2.05) is 32.0 Å². The van der Waals surface area contributed by atoms with Gasteiger partial charge in [0, 0.05) is 25.2 Å². The van der Waals surface area contributed by atoms with Crippen molar-refractivity contribution in [2.24, 2.45) is 0 Å². The van der Waals surface area contributed by atoms with Gasteiger partial charge in [-0.3, -0.25) is 0 Å². The normalized spacial score (nSPS) is 19.4. The quantitative estimate of drug-likeness (QED) is 0.877. The van der Waals surface area contributed by atoms with Crippen LogP contribution in [0.2, 0.25) is 0 Å². The molecule has 0 bridgehead atoms. The second kappa shape index (κ2) is 7.21. The molecule has 1 heterocycles. The molecule has 3 rings (SSSR count). The SMILES string of the molecule is CCOc1cc(C)ccc1NC(=O)NC1CCN(C2CC2)CC1. The molecule has 126 valence electrons. The highest BCUT2D eigenvalue weighted by molar-refractivity contribution is 5.91. The van der Waals surface area contributed by atoms with Crippen molar-refractivity contribution in [2.75, 3.05) is 25.0 Å². The summed E-state index contributed by atoms with van der Waals surface area (Å²) in [6.45, 7) is 6.74. The Kier molecular flexibility index (Phi) is 5.06. The molecule has 2 aliphatic rings. The zero-order chi connectivity index (χ0) is 16.2. The topological polar surface area (TPSA) is 53.6 Å². The predicted molar refractivity (Wildman–Crippen MR) is 92.1 cm³/mol. The highest BCUT2D eigenvalue weighted by atomic mass is 16.5. The van der Waals surface area contributed by atoms with Crippen LogP contribution >= 0.6 is 0 Å². The molecule has 2 N–H and O–H groups in total. The summed E-state index contributed by atoms with van der Waals surface area (Å²) < 4.78 is 5.61. The fraction of sp³-hybridized carbons (Fsp3) is 0.611. The summed E-state index contributed by atoms with van der Waals surface area (Å²) in [5.41, 5.74) is 1.84. The first kappa shape index (κ1) is 16.1. The Hall–Kier alpha value is -1.75. The number of ether oxygens (including phenoxy) is 1. The van der Waals surface area contributed by atoms with Crippen molar-refractivity contribution in [1.29, 1.82) is 0 Å². The van der Waals surface area contributed by atoms with Crippen molar-refractivity contribution in [2.45, 2.75) is 51.6 Å². The third-order valence-corrected chi connectivity index (χ3v) is 4.61. The van der Waals surface area contributed by atoms with Crippen LogP contribution in [-0.4, -0.2) is 42.7 Å². The molecule has 0 unspecified atom stereocenters. The maximum atomic E-state index is 12.3. The van der Waals surface area contributed by atoms with Gasteiger partial charge in [0.25, 0.3) is 0 Å². The van der Waals surface area contributed by atoms with E-state index in [-0.39, 0.29) is 12.1 Å². The number of likely N-dealkylation sites (tertiary alicyclic amines) is 1. The Labute approximate surface area is 138 Å². The Morgan fingerprint density at radius 1 is 1.26 bits per heavy atom. The first-order valence-corrected chi connectivity index (χ1v) is 8.70. The van der Waals surface area contributed by atoms with Gasteiger partial charge in [-0.15, -0.1) is 0 Å². The fourth-order valence-corrected chi connectivity index (χ4v) is 3.20. The summed E-state index contributed by atoms with van der Waals surface area (Å²) in [5, 5.41) is 6.03. The molecule has 0 spiro atoms. The van der Waals surface area contributed by atoms with E-state index in [0.717, 1.165) is 49.0 Å². The summed E-state index contributed by atoms with van der Waals surface area (Å²) in [7, 11) is 0. The molecule has 1 aliphatic heterocycles. The van der Waals surface area contributed by atoms with Gasteiger partial charge < -0.3 is 20.3 Å². The van der Waals surface area contributed by atoms with Crippen LogP contribution in [0, 0.1) is 6.92 Å². The zero-order valence-electron chi connectivity index (χ0n) is 14.1. The number of piperidine rings is 1. The lowest BCUT2D eigenvalue weighted by atomic mass is 10.1. The van der Waals surface area contributed by atoms with Crippen LogP contribution in [-0.2, 0) is 0 Å². The van der Waals surface area contributed by atoms with Gasteiger partial charge in [-0.25, -0.2) is 4.79 Å². The maximum Gasteiger partial charge on any atom is 0.319 e. The van der Waals surface area contributed by atoms with Gasteiger partial charge in [0.15, 0.2) is 0 Å². The highest BCUT2D eigenvalue weighted by Crippen LogP contribution is 2.29. The minimum atomic E-state index is -0.139. The summed E-state index contributed by atoms with van der Waals surface area (Å²) in [5.74, 6) is 0.728. The zero-order valence-corrected chi connectivity index (χ0v) is 14.1. The Morgan fingerprint density at radius 3 is 2.65 bits per heavy atom. The lowest BCUT2D eigenvalue weighted by Crippen LogP contribution is -2.46. The molecule has 5 heteroatoms. The number of carbonyl (C=O) groups is 1. The van der Waals surface area contributed by atoms with Crippen molar-refractivity contribution in [1.82, 2.24) is 10.2 Å². The van der Waals surface area contributed by atoms with Crippen LogP contribution in [0.1, 0.15) is 38.2 Å². The van der Waals surface area contributed by atoms with Crippen LogP contribution < -0.4 is 15.4 Å². The monoisotopic (exact) mass is 317 g/mol. The molecule has 0 aromatic heterocycles. The summed E-state index contributed by atoms with van der Waals surface area (Å²) in [6, 6.07) is 6.78. The van der Waals surface area contributed by atoms with Gasteiger partial charge in [0.05, 0.1) is 12.3 Å². The third kappa shape index (κ3) is 4.38. The van der Waals surface area contributed by atoms with Gasteiger partial charge in [-0.2, -0.15) is 0 Å². The lowest BCUT2D eigenvalue weighted by Gasteiger charge is -2.32. The smallest absolute Gasteiger partial charge is 0.319 e. The van der Waals surface area contributed by atoms with Crippen molar-refractivity contribution < 1.29 is 9.53 Å². The Bertz CT molecular complexity index is 549. The van der Waals surface area contributed by atoms with Gasteiger partial charge in [-0.05, 0) is 57.2 Å². The van der Waals surface area contributed by atoms with E-state index in [2.05, 4.69) is 15.5 Å². The van der Waals surface area contributed by atoms with E-state index in [0.29, 0.717) is 6.61 Å². The maximum absolute atomic E-state index is 12.3. The number of anilines is 1. The number of nitrogens with zero attached hydrogens (tertiary/aromatic N) is 1. The summed E-state index contributed by atoms with van der Waals surface area (Å²) in [6.07, 6.45) is 4.78. The van der Waals surface area contributed by atoms with Crippen molar-refractivity contribution in [3.05, 3.63) is 23.8 Å². The van der Waals surface area contributed by atoms with Crippen molar-refractivity contribution in [3.8, 4) is 5.75 Å². The molecule has 2 fully saturated rings. The number of urea groups is 1. The van der Waals surface area contributed by atoms with Crippen LogP contribution in [0.3, 0.4) is 0 Å². The molecule has 0 atom stereocenters. The second-order valence-corrected chi connectivity index (χ2v) is 6.57. The van der Waals surface area contributed by atoms with Crippen molar-refractivity contribution in [3.63, 3.8) is 0 Å². The number of amides is 2. The minimum Gasteiger partial charge on any atom is -0.492 e. The number of hydrogen-bond donors (Lipinski definition) is 2. The molecule has 1 aromatic rings. The average molecular weight is 317 g/mol.